The van der Waals surface area contributed by atoms with E-state index >= 15 is 0 Å². The fraction of sp³-hybridized carbons (Fsp3) is 0.333. The van der Waals surface area contributed by atoms with Crippen LogP contribution in [-0.4, -0.2) is 36.9 Å². The average molecular weight is 211 g/mol. The molecule has 0 spiro atoms. The number of aliphatic imine (C=N–C) groups is 1. The van der Waals surface area contributed by atoms with Crippen LogP contribution in [-0.2, 0) is 4.74 Å². The Morgan fingerprint density at radius 3 is 3.00 bits per heavy atom. The van der Waals surface area contributed by atoms with E-state index in [-0.39, 0.29) is 0 Å². The minimum atomic E-state index is 0.463. The molecular weight excluding hydrogens is 198 g/mol. The predicted octanol–water partition coefficient (Wildman–Crippen LogP) is 0.745. The van der Waals surface area contributed by atoms with E-state index in [4.69, 9.17) is 14.7 Å². The molecule has 1 aromatic rings. The van der Waals surface area contributed by atoms with Crippen LogP contribution in [0.15, 0.2) is 23.3 Å². The predicted molar refractivity (Wildman–Crippen MR) is 54.7 cm³/mol. The maximum Gasteiger partial charge on any atom is 0.213 e. The molecular formula is C9H13N3O3. The molecule has 0 radical (unpaired) electrons. The van der Waals surface area contributed by atoms with Crippen LogP contribution in [0.25, 0.3) is 0 Å². The van der Waals surface area contributed by atoms with E-state index in [1.807, 2.05) is 0 Å². The third-order valence-electron chi connectivity index (χ3n) is 1.53. The van der Waals surface area contributed by atoms with Gasteiger partial charge in [0.15, 0.2) is 0 Å². The number of hydrogen-bond donors (Lipinski definition) is 2. The molecule has 0 aliphatic carbocycles. The molecule has 0 unspecified atom stereocenters. The smallest absolute Gasteiger partial charge is 0.213 e. The third kappa shape index (κ3) is 4.39. The summed E-state index contributed by atoms with van der Waals surface area (Å²) in [6.07, 6.45) is 2.69. The second kappa shape index (κ2) is 6.74. The van der Waals surface area contributed by atoms with Gasteiger partial charge < -0.3 is 9.47 Å². The summed E-state index contributed by atoms with van der Waals surface area (Å²) in [5.41, 5.74) is 2.43. The quantitative estimate of drug-likeness (QED) is 0.314. The van der Waals surface area contributed by atoms with Crippen molar-refractivity contribution >= 4 is 12.0 Å². The minimum absolute atomic E-state index is 0.463. The zero-order valence-corrected chi connectivity index (χ0v) is 8.38. The average Bonchev–Trinajstić information content (AvgIpc) is 2.28. The van der Waals surface area contributed by atoms with Crippen molar-refractivity contribution in [2.75, 3.05) is 20.3 Å². The number of hydroxylamine groups is 1. The Morgan fingerprint density at radius 2 is 2.40 bits per heavy atom. The first-order valence-corrected chi connectivity index (χ1v) is 4.36. The molecule has 0 saturated heterocycles. The SMILES string of the molecule is COCCOc1ccc(N=CNO)cn1. The molecule has 2 N–H and O–H groups in total. The normalized spacial score (nSPS) is 10.5. The Bertz CT molecular complexity index is 300. The van der Waals surface area contributed by atoms with Crippen LogP contribution in [0, 0.1) is 0 Å². The highest BCUT2D eigenvalue weighted by atomic mass is 16.5. The fourth-order valence-corrected chi connectivity index (χ4v) is 0.867. The van der Waals surface area contributed by atoms with Gasteiger partial charge in [-0.2, -0.15) is 0 Å². The molecule has 0 aliphatic heterocycles. The van der Waals surface area contributed by atoms with E-state index in [2.05, 4.69) is 9.98 Å². The summed E-state index contributed by atoms with van der Waals surface area (Å²) >= 11 is 0. The van der Waals surface area contributed by atoms with Gasteiger partial charge in [-0.05, 0) is 6.07 Å². The van der Waals surface area contributed by atoms with Crippen LogP contribution in [0.1, 0.15) is 0 Å². The standard InChI is InChI=1S/C9H13N3O3/c1-14-4-5-15-9-3-2-8(6-10-9)11-7-12-13/h2-3,6-7,13H,4-5H2,1H3,(H,11,12). The second-order valence-corrected chi connectivity index (χ2v) is 2.58. The summed E-state index contributed by atoms with van der Waals surface area (Å²) in [4.78, 5) is 7.84. The molecule has 0 atom stereocenters. The van der Waals surface area contributed by atoms with Crippen LogP contribution >= 0.6 is 0 Å². The van der Waals surface area contributed by atoms with Crippen molar-refractivity contribution in [2.45, 2.75) is 0 Å². The molecule has 6 heteroatoms. The fourth-order valence-electron chi connectivity index (χ4n) is 0.867. The lowest BCUT2D eigenvalue weighted by molar-refractivity contribution is 0.144. The summed E-state index contributed by atoms with van der Waals surface area (Å²) in [7, 11) is 1.61. The first kappa shape index (κ1) is 11.4. The number of nitrogens with zero attached hydrogens (tertiary/aromatic N) is 2. The van der Waals surface area contributed by atoms with E-state index < -0.39 is 0 Å². The van der Waals surface area contributed by atoms with Crippen LogP contribution in [0.3, 0.4) is 0 Å². The van der Waals surface area contributed by atoms with E-state index in [9.17, 15) is 0 Å². The summed E-state index contributed by atoms with van der Waals surface area (Å²) in [6, 6.07) is 3.42. The van der Waals surface area contributed by atoms with Gasteiger partial charge in [0.2, 0.25) is 5.88 Å². The minimum Gasteiger partial charge on any atom is -0.475 e. The summed E-state index contributed by atoms with van der Waals surface area (Å²) in [5, 5.41) is 8.27. The first-order chi connectivity index (χ1) is 7.36. The number of aromatic nitrogens is 1. The zero-order valence-electron chi connectivity index (χ0n) is 8.38. The maximum absolute atomic E-state index is 8.27. The van der Waals surface area contributed by atoms with Crippen molar-refractivity contribution in [1.29, 1.82) is 0 Å². The topological polar surface area (TPSA) is 76.0 Å². The molecule has 1 heterocycles. The van der Waals surface area contributed by atoms with Crippen molar-refractivity contribution in [1.82, 2.24) is 10.5 Å². The van der Waals surface area contributed by atoms with Crippen molar-refractivity contribution in [2.24, 2.45) is 4.99 Å². The van der Waals surface area contributed by atoms with E-state index in [0.29, 0.717) is 24.8 Å². The highest BCUT2D eigenvalue weighted by Gasteiger charge is 1.94. The Labute approximate surface area is 87.5 Å². The van der Waals surface area contributed by atoms with Gasteiger partial charge in [0.25, 0.3) is 0 Å². The molecule has 0 aromatic carbocycles. The maximum atomic E-state index is 8.27. The van der Waals surface area contributed by atoms with E-state index in [1.165, 1.54) is 6.20 Å². The van der Waals surface area contributed by atoms with Gasteiger partial charge in [0.1, 0.15) is 12.9 Å². The molecule has 1 aromatic heterocycles. The molecule has 0 aliphatic rings. The van der Waals surface area contributed by atoms with E-state index in [0.717, 1.165) is 6.34 Å². The van der Waals surface area contributed by atoms with Crippen LogP contribution in [0.2, 0.25) is 0 Å². The Kier molecular flexibility index (Phi) is 5.13. The highest BCUT2D eigenvalue weighted by molar-refractivity contribution is 5.59. The van der Waals surface area contributed by atoms with Gasteiger partial charge in [-0.15, -0.1) is 0 Å². The number of hydrogen-bond acceptors (Lipinski definition) is 5. The van der Waals surface area contributed by atoms with Gasteiger partial charge in [-0.25, -0.2) is 9.98 Å². The monoisotopic (exact) mass is 211 g/mol. The van der Waals surface area contributed by atoms with Gasteiger partial charge >= 0.3 is 0 Å². The Balaban J connectivity index is 2.45. The zero-order chi connectivity index (χ0) is 10.9. The highest BCUT2D eigenvalue weighted by Crippen LogP contribution is 2.13. The van der Waals surface area contributed by atoms with Crippen molar-refractivity contribution in [3.05, 3.63) is 18.3 Å². The lowest BCUT2D eigenvalue weighted by atomic mass is 10.4. The van der Waals surface area contributed by atoms with Crippen molar-refractivity contribution < 1.29 is 14.7 Å². The number of rotatable bonds is 6. The van der Waals surface area contributed by atoms with Gasteiger partial charge in [0.05, 0.1) is 18.5 Å². The van der Waals surface area contributed by atoms with E-state index in [1.54, 1.807) is 24.7 Å². The summed E-state index contributed by atoms with van der Waals surface area (Å²) in [6.45, 7) is 0.986. The van der Waals surface area contributed by atoms with Crippen molar-refractivity contribution in [3.8, 4) is 5.88 Å². The van der Waals surface area contributed by atoms with Gasteiger partial charge in [-0.3, -0.25) is 10.7 Å². The molecule has 0 fully saturated rings. The summed E-state index contributed by atoms with van der Waals surface area (Å²) in [5.74, 6) is 0.517. The van der Waals surface area contributed by atoms with Crippen molar-refractivity contribution in [3.63, 3.8) is 0 Å². The van der Waals surface area contributed by atoms with Gasteiger partial charge in [0, 0.05) is 13.2 Å². The molecule has 82 valence electrons. The first-order valence-electron chi connectivity index (χ1n) is 4.36. The molecule has 15 heavy (non-hydrogen) atoms. The van der Waals surface area contributed by atoms with Gasteiger partial charge in [-0.1, -0.05) is 0 Å². The van der Waals surface area contributed by atoms with Crippen LogP contribution in [0.5, 0.6) is 5.88 Å². The molecule has 0 bridgehead atoms. The Hall–Kier alpha value is -1.66. The lowest BCUT2D eigenvalue weighted by Gasteiger charge is -2.03. The van der Waals surface area contributed by atoms with Crippen LogP contribution < -0.4 is 10.2 Å². The largest absolute Gasteiger partial charge is 0.475 e. The number of methoxy groups -OCH3 is 1. The third-order valence-corrected chi connectivity index (χ3v) is 1.53. The molecule has 0 saturated carbocycles. The second-order valence-electron chi connectivity index (χ2n) is 2.58. The molecule has 6 nitrogen and oxygen atoms in total. The summed E-state index contributed by atoms with van der Waals surface area (Å²) < 4.78 is 10.1. The number of nitrogens with one attached hydrogen (secondary N) is 1. The Morgan fingerprint density at radius 1 is 1.53 bits per heavy atom. The number of ether oxygens (including phenoxy) is 2. The molecule has 0 amide bonds. The number of pyridine rings is 1. The van der Waals surface area contributed by atoms with Crippen LogP contribution in [0.4, 0.5) is 5.69 Å². The lowest BCUT2D eigenvalue weighted by Crippen LogP contribution is -2.05. The molecule has 1 rings (SSSR count).